The third-order valence-electron chi connectivity index (χ3n) is 4.24. The molecule has 0 saturated carbocycles. The van der Waals surface area contributed by atoms with Gasteiger partial charge in [-0.05, 0) is 48.6 Å². The molecule has 5 nitrogen and oxygen atoms in total. The van der Waals surface area contributed by atoms with Crippen molar-refractivity contribution in [2.45, 2.75) is 31.7 Å². The summed E-state index contributed by atoms with van der Waals surface area (Å²) in [6.45, 7) is 2.36. The second-order valence-electron chi connectivity index (χ2n) is 6.09. The van der Waals surface area contributed by atoms with E-state index in [1.165, 1.54) is 0 Å². The van der Waals surface area contributed by atoms with Gasteiger partial charge in [0.2, 0.25) is 0 Å². The molecule has 1 aliphatic rings. The number of nitrogens with one attached hydrogen (secondary N) is 1. The molecule has 0 bridgehead atoms. The summed E-state index contributed by atoms with van der Waals surface area (Å²) in [5.74, 6) is 0.401. The first-order valence-corrected chi connectivity index (χ1v) is 8.10. The lowest BCUT2D eigenvalue weighted by molar-refractivity contribution is 0.00317. The maximum Gasteiger partial charge on any atom is 0.0808 e. The molecule has 0 aromatic carbocycles. The molecule has 0 unspecified atom stereocenters. The van der Waals surface area contributed by atoms with Crippen LogP contribution in [0.5, 0.6) is 0 Å². The van der Waals surface area contributed by atoms with Crippen molar-refractivity contribution in [3.63, 3.8) is 0 Å². The summed E-state index contributed by atoms with van der Waals surface area (Å²) in [6.07, 6.45) is 8.46. The third-order valence-corrected chi connectivity index (χ3v) is 4.24. The molecule has 3 atom stereocenters. The van der Waals surface area contributed by atoms with Crippen molar-refractivity contribution in [3.05, 3.63) is 60.2 Å². The van der Waals surface area contributed by atoms with E-state index >= 15 is 0 Å². The number of hydrogen-bond acceptors (Lipinski definition) is 5. The molecule has 3 heterocycles. The van der Waals surface area contributed by atoms with Gasteiger partial charge in [0.1, 0.15) is 0 Å². The quantitative estimate of drug-likeness (QED) is 0.855. The number of aromatic nitrogens is 2. The fraction of sp³-hybridized carbons (Fsp3) is 0.444. The highest BCUT2D eigenvalue weighted by Crippen LogP contribution is 2.26. The van der Waals surface area contributed by atoms with Crippen LogP contribution in [0.25, 0.3) is 0 Å². The zero-order chi connectivity index (χ0) is 15.9. The number of hydrogen-bond donors (Lipinski definition) is 2. The van der Waals surface area contributed by atoms with Gasteiger partial charge in [-0.3, -0.25) is 9.97 Å². The summed E-state index contributed by atoms with van der Waals surface area (Å²) in [6, 6.07) is 7.72. The lowest BCUT2D eigenvalue weighted by Crippen LogP contribution is -2.41. The van der Waals surface area contributed by atoms with Gasteiger partial charge in [-0.15, -0.1) is 0 Å². The van der Waals surface area contributed by atoms with Crippen LogP contribution in [-0.4, -0.2) is 34.3 Å². The zero-order valence-corrected chi connectivity index (χ0v) is 13.1. The molecule has 2 N–H and O–H groups in total. The van der Waals surface area contributed by atoms with E-state index in [1.54, 1.807) is 18.6 Å². The Hall–Kier alpha value is -1.82. The number of aliphatic hydroxyl groups excluding tert-OH is 1. The molecule has 1 saturated heterocycles. The molecule has 1 fully saturated rings. The van der Waals surface area contributed by atoms with Gasteiger partial charge in [0.05, 0.1) is 18.8 Å². The van der Waals surface area contributed by atoms with Crippen LogP contribution in [0.2, 0.25) is 0 Å². The average Bonchev–Trinajstić information content (AvgIpc) is 2.62. The first kappa shape index (κ1) is 16.1. The lowest BCUT2D eigenvalue weighted by Gasteiger charge is -2.31. The molecule has 2 aromatic rings. The second kappa shape index (κ2) is 8.15. The molecular formula is C18H23N3O2. The maximum absolute atomic E-state index is 10.4. The Morgan fingerprint density at radius 2 is 2.00 bits per heavy atom. The second-order valence-corrected chi connectivity index (χ2v) is 6.09. The molecule has 23 heavy (non-hydrogen) atoms. The predicted octanol–water partition coefficient (Wildman–Crippen LogP) is 2.09. The largest absolute Gasteiger partial charge is 0.388 e. The minimum Gasteiger partial charge on any atom is -0.388 e. The van der Waals surface area contributed by atoms with Crippen LogP contribution < -0.4 is 5.32 Å². The number of aliphatic hydroxyl groups is 1. The highest BCUT2D eigenvalue weighted by atomic mass is 16.5. The van der Waals surface area contributed by atoms with Gasteiger partial charge in [-0.1, -0.05) is 12.1 Å². The number of pyridine rings is 2. The first-order chi connectivity index (χ1) is 11.3. The Bertz CT molecular complexity index is 579. The van der Waals surface area contributed by atoms with E-state index in [4.69, 9.17) is 4.74 Å². The molecule has 0 spiro atoms. The fourth-order valence-electron chi connectivity index (χ4n) is 3.02. The molecule has 2 aromatic heterocycles. The molecule has 1 aliphatic heterocycles. The van der Waals surface area contributed by atoms with E-state index in [-0.39, 0.29) is 6.10 Å². The van der Waals surface area contributed by atoms with E-state index in [9.17, 15) is 5.11 Å². The van der Waals surface area contributed by atoms with Crippen molar-refractivity contribution in [2.75, 3.05) is 13.1 Å². The van der Waals surface area contributed by atoms with Crippen molar-refractivity contribution in [1.82, 2.24) is 15.3 Å². The number of rotatable bonds is 6. The SMILES string of the molecule is O[C@H](C[C@H]1CNC[C@@H](OCc2cccnc2)C1)c1cccnc1. The van der Waals surface area contributed by atoms with Crippen molar-refractivity contribution < 1.29 is 9.84 Å². The minimum atomic E-state index is -0.465. The third kappa shape index (κ3) is 4.82. The highest BCUT2D eigenvalue weighted by molar-refractivity contribution is 5.12. The molecular weight excluding hydrogens is 290 g/mol. The van der Waals surface area contributed by atoms with Crippen LogP contribution >= 0.6 is 0 Å². The lowest BCUT2D eigenvalue weighted by atomic mass is 9.90. The van der Waals surface area contributed by atoms with E-state index < -0.39 is 6.10 Å². The summed E-state index contributed by atoms with van der Waals surface area (Å²) in [5, 5.41) is 13.8. The molecule has 0 aliphatic carbocycles. The van der Waals surface area contributed by atoms with Crippen LogP contribution in [-0.2, 0) is 11.3 Å². The van der Waals surface area contributed by atoms with Crippen LogP contribution in [0, 0.1) is 5.92 Å². The van der Waals surface area contributed by atoms with Crippen molar-refractivity contribution in [3.8, 4) is 0 Å². The van der Waals surface area contributed by atoms with E-state index in [0.717, 1.165) is 37.1 Å². The number of piperidine rings is 1. The van der Waals surface area contributed by atoms with Crippen molar-refractivity contribution >= 4 is 0 Å². The minimum absolute atomic E-state index is 0.176. The van der Waals surface area contributed by atoms with Gasteiger partial charge < -0.3 is 15.2 Å². The average molecular weight is 313 g/mol. The van der Waals surface area contributed by atoms with Crippen LogP contribution in [0.1, 0.15) is 30.1 Å². The van der Waals surface area contributed by atoms with E-state index in [0.29, 0.717) is 12.5 Å². The van der Waals surface area contributed by atoms with E-state index in [2.05, 4.69) is 15.3 Å². The van der Waals surface area contributed by atoms with E-state index in [1.807, 2.05) is 30.5 Å². The van der Waals surface area contributed by atoms with Gasteiger partial charge in [0.25, 0.3) is 0 Å². The summed E-state index contributed by atoms with van der Waals surface area (Å²) < 4.78 is 5.99. The summed E-state index contributed by atoms with van der Waals surface area (Å²) in [7, 11) is 0. The Morgan fingerprint density at radius 3 is 2.74 bits per heavy atom. The molecule has 0 radical (unpaired) electrons. The molecule has 122 valence electrons. The van der Waals surface area contributed by atoms with Crippen molar-refractivity contribution in [2.24, 2.45) is 5.92 Å². The summed E-state index contributed by atoms with van der Waals surface area (Å²) in [5.41, 5.74) is 1.97. The smallest absolute Gasteiger partial charge is 0.0808 e. The molecule has 0 amide bonds. The Labute approximate surface area is 136 Å². The predicted molar refractivity (Wildman–Crippen MR) is 87.6 cm³/mol. The van der Waals surface area contributed by atoms with Crippen LogP contribution in [0.3, 0.4) is 0 Å². The fourth-order valence-corrected chi connectivity index (χ4v) is 3.02. The highest BCUT2D eigenvalue weighted by Gasteiger charge is 2.24. The van der Waals surface area contributed by atoms with Crippen LogP contribution in [0.15, 0.2) is 49.1 Å². The molecule has 5 heteroatoms. The summed E-state index contributed by atoms with van der Waals surface area (Å²) in [4.78, 5) is 8.17. The topological polar surface area (TPSA) is 67.3 Å². The Kier molecular flexibility index (Phi) is 5.69. The molecule has 3 rings (SSSR count). The zero-order valence-electron chi connectivity index (χ0n) is 13.1. The Balaban J connectivity index is 1.48. The summed E-state index contributed by atoms with van der Waals surface area (Å²) >= 11 is 0. The first-order valence-electron chi connectivity index (χ1n) is 8.10. The van der Waals surface area contributed by atoms with Gasteiger partial charge >= 0.3 is 0 Å². The Morgan fingerprint density at radius 1 is 1.17 bits per heavy atom. The van der Waals surface area contributed by atoms with Crippen molar-refractivity contribution in [1.29, 1.82) is 0 Å². The van der Waals surface area contributed by atoms with Gasteiger partial charge in [-0.25, -0.2) is 0 Å². The van der Waals surface area contributed by atoms with Gasteiger partial charge in [0.15, 0.2) is 0 Å². The maximum atomic E-state index is 10.4. The van der Waals surface area contributed by atoms with Crippen LogP contribution in [0.4, 0.5) is 0 Å². The standard InChI is InChI=1S/C18H23N3O2/c22-18(16-4-2-6-20-11-16)8-15-7-17(12-21-10-15)23-13-14-3-1-5-19-9-14/h1-6,9,11,15,17-18,21-22H,7-8,10,12-13H2/t15-,17-,18+/m0/s1. The number of nitrogens with zero attached hydrogens (tertiary/aromatic N) is 2. The normalized spacial score (nSPS) is 22.7. The van der Waals surface area contributed by atoms with Gasteiger partial charge in [-0.2, -0.15) is 0 Å². The van der Waals surface area contributed by atoms with Gasteiger partial charge in [0, 0.05) is 31.3 Å². The number of ether oxygens (including phenoxy) is 1. The monoisotopic (exact) mass is 313 g/mol.